The Labute approximate surface area is 171 Å². The predicted molar refractivity (Wildman–Crippen MR) is 112 cm³/mol. The molecule has 0 bridgehead atoms. The van der Waals surface area contributed by atoms with Gasteiger partial charge in [-0.15, -0.1) is 12.4 Å². The Balaban J connectivity index is 0.00000364. The van der Waals surface area contributed by atoms with Gasteiger partial charge in [-0.25, -0.2) is 0 Å². The first-order chi connectivity index (χ1) is 12.5. The molecule has 1 atom stereocenters. The van der Waals surface area contributed by atoms with Gasteiger partial charge in [0.25, 0.3) is 5.91 Å². The molecule has 2 aromatic carbocycles. The zero-order valence-electron chi connectivity index (χ0n) is 15.4. The van der Waals surface area contributed by atoms with E-state index >= 15 is 0 Å². The number of carbonyl (C=O) groups excluding carboxylic acids is 2. The summed E-state index contributed by atoms with van der Waals surface area (Å²) in [5, 5.41) is 6.35. The van der Waals surface area contributed by atoms with E-state index in [1.54, 1.807) is 36.2 Å². The molecule has 7 heteroatoms. The molecule has 0 heterocycles. The molecule has 2 aromatic rings. The Kier molecular flexibility index (Phi) is 9.86. The first-order valence-electron chi connectivity index (χ1n) is 8.52. The second-order valence-corrected chi connectivity index (χ2v) is 6.45. The Morgan fingerprint density at radius 3 is 2.33 bits per heavy atom. The second-order valence-electron chi connectivity index (χ2n) is 6.04. The maximum Gasteiger partial charge on any atom is 0.253 e. The highest BCUT2D eigenvalue weighted by molar-refractivity contribution is 6.33. The van der Waals surface area contributed by atoms with Gasteiger partial charge in [0.1, 0.15) is 0 Å². The molecule has 1 unspecified atom stereocenters. The minimum atomic E-state index is -0.426. The van der Waals surface area contributed by atoms with E-state index in [2.05, 4.69) is 10.6 Å². The number of amides is 2. The fourth-order valence-electron chi connectivity index (χ4n) is 2.55. The van der Waals surface area contributed by atoms with Gasteiger partial charge in [0.2, 0.25) is 5.91 Å². The van der Waals surface area contributed by atoms with Crippen LogP contribution in [-0.4, -0.2) is 43.9 Å². The molecule has 2 N–H and O–H groups in total. The van der Waals surface area contributed by atoms with E-state index in [-0.39, 0.29) is 30.6 Å². The minimum Gasteiger partial charge on any atom is -0.345 e. The van der Waals surface area contributed by atoms with Gasteiger partial charge in [-0.1, -0.05) is 54.1 Å². The monoisotopic (exact) mass is 409 g/mol. The van der Waals surface area contributed by atoms with Crippen molar-refractivity contribution in [3.05, 3.63) is 70.7 Å². The molecule has 2 rings (SSSR count). The van der Waals surface area contributed by atoms with Gasteiger partial charge in [0, 0.05) is 20.1 Å². The largest absolute Gasteiger partial charge is 0.345 e. The number of halogens is 2. The van der Waals surface area contributed by atoms with Crippen LogP contribution >= 0.6 is 24.0 Å². The third kappa shape index (κ3) is 6.86. The lowest BCUT2D eigenvalue weighted by molar-refractivity contribution is -0.130. The third-order valence-corrected chi connectivity index (χ3v) is 4.46. The summed E-state index contributed by atoms with van der Waals surface area (Å²) in [6, 6.07) is 15.9. The van der Waals surface area contributed by atoms with Crippen LogP contribution in [-0.2, 0) is 4.79 Å². The van der Waals surface area contributed by atoms with Crippen LogP contribution in [0.15, 0.2) is 54.6 Å². The van der Waals surface area contributed by atoms with E-state index in [4.69, 9.17) is 11.6 Å². The van der Waals surface area contributed by atoms with Crippen LogP contribution in [0.25, 0.3) is 0 Å². The van der Waals surface area contributed by atoms with Crippen LogP contribution in [0.2, 0.25) is 5.02 Å². The molecular formula is C20H25Cl2N3O2. The van der Waals surface area contributed by atoms with Crippen molar-refractivity contribution in [2.75, 3.05) is 27.2 Å². The van der Waals surface area contributed by atoms with Crippen LogP contribution in [0.4, 0.5) is 0 Å². The van der Waals surface area contributed by atoms with Gasteiger partial charge in [-0.3, -0.25) is 9.59 Å². The average Bonchev–Trinajstić information content (AvgIpc) is 2.66. The number of carbonyl (C=O) groups is 2. The van der Waals surface area contributed by atoms with Gasteiger partial charge >= 0.3 is 0 Å². The first-order valence-corrected chi connectivity index (χ1v) is 8.89. The number of hydrogen-bond donors (Lipinski definition) is 2. The van der Waals surface area contributed by atoms with Gasteiger partial charge in [0.15, 0.2) is 0 Å². The zero-order valence-corrected chi connectivity index (χ0v) is 17.0. The maximum atomic E-state index is 12.6. The summed E-state index contributed by atoms with van der Waals surface area (Å²) in [5.74, 6) is -0.330. The Hall–Kier alpha value is -2.08. The first kappa shape index (κ1) is 23.0. The molecule has 0 aromatic heterocycles. The number of rotatable bonds is 8. The summed E-state index contributed by atoms with van der Waals surface area (Å²) < 4.78 is 0. The van der Waals surface area contributed by atoms with E-state index in [1.165, 1.54) is 0 Å². The van der Waals surface area contributed by atoms with Crippen molar-refractivity contribution >= 4 is 35.8 Å². The van der Waals surface area contributed by atoms with Crippen LogP contribution < -0.4 is 10.6 Å². The molecule has 0 fully saturated rings. The quantitative estimate of drug-likeness (QED) is 0.702. The summed E-state index contributed by atoms with van der Waals surface area (Å²) in [7, 11) is 3.60. The van der Waals surface area contributed by atoms with Crippen molar-refractivity contribution in [3.8, 4) is 0 Å². The molecule has 27 heavy (non-hydrogen) atoms. The molecule has 146 valence electrons. The van der Waals surface area contributed by atoms with Crippen molar-refractivity contribution < 1.29 is 9.59 Å². The highest BCUT2D eigenvalue weighted by Gasteiger charge is 2.21. The topological polar surface area (TPSA) is 61.4 Å². The third-order valence-electron chi connectivity index (χ3n) is 4.13. The highest BCUT2D eigenvalue weighted by atomic mass is 35.5. The molecule has 0 saturated heterocycles. The molecular weight excluding hydrogens is 385 g/mol. The van der Waals surface area contributed by atoms with Crippen molar-refractivity contribution in [1.82, 2.24) is 15.5 Å². The van der Waals surface area contributed by atoms with Crippen LogP contribution in [0.3, 0.4) is 0 Å². The molecule has 2 amide bonds. The normalized spacial score (nSPS) is 11.2. The molecule has 0 aliphatic carbocycles. The van der Waals surface area contributed by atoms with E-state index in [9.17, 15) is 9.59 Å². The van der Waals surface area contributed by atoms with E-state index in [0.29, 0.717) is 23.7 Å². The summed E-state index contributed by atoms with van der Waals surface area (Å²) in [5.41, 5.74) is 1.27. The molecule has 0 saturated carbocycles. The van der Waals surface area contributed by atoms with Crippen molar-refractivity contribution in [1.29, 1.82) is 0 Å². The van der Waals surface area contributed by atoms with Gasteiger partial charge < -0.3 is 15.5 Å². The standard InChI is InChI=1S/C20H24ClN3O2.ClH/c1-22-12-13-24(2)19(25)14-18(15-8-4-3-5-9-15)23-20(26)16-10-6-7-11-17(16)21;/h3-11,18,22H,12-14H2,1-2H3,(H,23,26);1H. The lowest BCUT2D eigenvalue weighted by Gasteiger charge is -2.23. The summed E-state index contributed by atoms with van der Waals surface area (Å²) in [6.07, 6.45) is 0.181. The number of hydrogen-bond acceptors (Lipinski definition) is 3. The van der Waals surface area contributed by atoms with Gasteiger partial charge in [0.05, 0.1) is 23.0 Å². The van der Waals surface area contributed by atoms with E-state index in [0.717, 1.165) is 5.56 Å². The Morgan fingerprint density at radius 1 is 1.07 bits per heavy atom. The smallest absolute Gasteiger partial charge is 0.253 e. The zero-order chi connectivity index (χ0) is 18.9. The Morgan fingerprint density at radius 2 is 1.70 bits per heavy atom. The maximum absolute atomic E-state index is 12.6. The summed E-state index contributed by atoms with van der Waals surface area (Å²) in [4.78, 5) is 26.8. The number of nitrogens with one attached hydrogen (secondary N) is 2. The second kappa shape index (κ2) is 11.6. The van der Waals surface area contributed by atoms with Gasteiger partial charge in [-0.2, -0.15) is 0 Å². The molecule has 5 nitrogen and oxygen atoms in total. The van der Waals surface area contributed by atoms with Gasteiger partial charge in [-0.05, 0) is 24.7 Å². The van der Waals surface area contributed by atoms with E-state index < -0.39 is 6.04 Å². The molecule has 0 aliphatic rings. The van der Waals surface area contributed by atoms with Crippen LogP contribution in [0, 0.1) is 0 Å². The Bertz CT molecular complexity index is 741. The fraction of sp³-hybridized carbons (Fsp3) is 0.300. The van der Waals surface area contributed by atoms with Crippen LogP contribution in [0.1, 0.15) is 28.4 Å². The summed E-state index contributed by atoms with van der Waals surface area (Å²) >= 11 is 6.12. The van der Waals surface area contributed by atoms with Crippen molar-refractivity contribution in [2.24, 2.45) is 0 Å². The molecule has 0 radical (unpaired) electrons. The summed E-state index contributed by atoms with van der Waals surface area (Å²) in [6.45, 7) is 1.32. The number of benzene rings is 2. The molecule has 0 aliphatic heterocycles. The van der Waals surface area contributed by atoms with Crippen LogP contribution in [0.5, 0.6) is 0 Å². The molecule has 0 spiro atoms. The van der Waals surface area contributed by atoms with Crippen molar-refractivity contribution in [3.63, 3.8) is 0 Å². The van der Waals surface area contributed by atoms with E-state index in [1.807, 2.05) is 37.4 Å². The number of likely N-dealkylation sites (N-methyl/N-ethyl adjacent to an activating group) is 2. The minimum absolute atomic E-state index is 0. The van der Waals surface area contributed by atoms with Crippen molar-refractivity contribution in [2.45, 2.75) is 12.5 Å². The number of nitrogens with zero attached hydrogens (tertiary/aromatic N) is 1. The average molecular weight is 410 g/mol. The lowest BCUT2D eigenvalue weighted by atomic mass is 10.0. The predicted octanol–water partition coefficient (Wildman–Crippen LogP) is 3.30. The lowest BCUT2D eigenvalue weighted by Crippen LogP contribution is -2.37. The fourth-order valence-corrected chi connectivity index (χ4v) is 2.78. The highest BCUT2D eigenvalue weighted by Crippen LogP contribution is 2.21. The SMILES string of the molecule is CNCCN(C)C(=O)CC(NC(=O)c1ccccc1Cl)c1ccccc1.Cl.